The highest BCUT2D eigenvalue weighted by atomic mass is 16.7. The Balaban J connectivity index is 1.54. The van der Waals surface area contributed by atoms with Crippen LogP contribution in [0, 0.1) is 0 Å². The number of carbonyl (C=O) groups is 1. The van der Waals surface area contributed by atoms with E-state index >= 15 is 0 Å². The van der Waals surface area contributed by atoms with Crippen molar-refractivity contribution in [3.63, 3.8) is 0 Å². The number of aliphatic hydroxyl groups is 8. The van der Waals surface area contributed by atoms with E-state index in [0.717, 1.165) is 44.9 Å². The molecule has 0 aromatic carbocycles. The van der Waals surface area contributed by atoms with E-state index in [1.165, 1.54) is 186 Å². The molecule has 452 valence electrons. The first kappa shape index (κ1) is 71.3. The summed E-state index contributed by atoms with van der Waals surface area (Å²) in [5, 5.41) is 86.7. The number of ether oxygens (including phenoxy) is 4. The lowest BCUT2D eigenvalue weighted by atomic mass is 9.97. The summed E-state index contributed by atoms with van der Waals surface area (Å²) in [7, 11) is 0. The largest absolute Gasteiger partial charge is 0.394 e. The highest BCUT2D eigenvalue weighted by Crippen LogP contribution is 2.30. The van der Waals surface area contributed by atoms with Crippen LogP contribution in [0.15, 0.2) is 36.5 Å². The van der Waals surface area contributed by atoms with E-state index in [0.29, 0.717) is 12.8 Å². The van der Waals surface area contributed by atoms with Crippen LogP contribution < -0.4 is 5.32 Å². The fourth-order valence-corrected chi connectivity index (χ4v) is 10.4. The van der Waals surface area contributed by atoms with Crippen LogP contribution in [0.3, 0.4) is 0 Å². The van der Waals surface area contributed by atoms with Crippen LogP contribution in [0.2, 0.25) is 0 Å². The molecule has 14 nitrogen and oxygen atoms in total. The fraction of sp³-hybridized carbons (Fsp3) is 0.889. The standard InChI is InChI=1S/C63H117NO13/c1-3-5-7-9-11-13-14-15-16-17-18-19-20-21-22-23-24-25-26-27-28-29-30-31-32-33-34-35-36-37-38-39-41-43-45-47-55(68)64-51(52(67)46-44-42-40-12-10-8-6-4-2)50-74-62-60(73)58(71)61(54(49-66)76-62)77-63-59(72)57(70)56(69)53(48-65)75-63/h10,12,17-18,44,46,51-54,56-63,65-67,69-73H,3-9,11,13-16,19-43,45,47-50H2,1-2H3,(H,64,68)/b12-10+,18-17-,46-44+. The molecular weight excluding hydrogens is 979 g/mol. The minimum atomic E-state index is -1.79. The molecule has 12 atom stereocenters. The lowest BCUT2D eigenvalue weighted by Gasteiger charge is -2.46. The summed E-state index contributed by atoms with van der Waals surface area (Å²) in [4.78, 5) is 13.2. The van der Waals surface area contributed by atoms with E-state index in [2.05, 4.69) is 43.5 Å². The van der Waals surface area contributed by atoms with Gasteiger partial charge < -0.3 is 65.1 Å². The molecule has 2 fully saturated rings. The van der Waals surface area contributed by atoms with Crippen LogP contribution in [0.1, 0.15) is 264 Å². The Morgan fingerprint density at radius 3 is 1.31 bits per heavy atom. The maximum atomic E-state index is 13.2. The smallest absolute Gasteiger partial charge is 0.220 e. The lowest BCUT2D eigenvalue weighted by molar-refractivity contribution is -0.359. The minimum absolute atomic E-state index is 0.249. The lowest BCUT2D eigenvalue weighted by Crippen LogP contribution is -2.65. The molecule has 0 aromatic rings. The van der Waals surface area contributed by atoms with Gasteiger partial charge in [-0.2, -0.15) is 0 Å². The summed E-state index contributed by atoms with van der Waals surface area (Å²) >= 11 is 0. The molecule has 14 heteroatoms. The van der Waals surface area contributed by atoms with Crippen LogP contribution in [-0.4, -0.2) is 140 Å². The molecule has 2 saturated heterocycles. The zero-order valence-corrected chi connectivity index (χ0v) is 48.7. The number of amides is 1. The molecule has 0 aliphatic carbocycles. The van der Waals surface area contributed by atoms with Crippen molar-refractivity contribution in [2.75, 3.05) is 19.8 Å². The van der Waals surface area contributed by atoms with Gasteiger partial charge in [-0.25, -0.2) is 0 Å². The Morgan fingerprint density at radius 1 is 0.455 bits per heavy atom. The third-order valence-electron chi connectivity index (χ3n) is 15.5. The molecule has 0 aromatic heterocycles. The monoisotopic (exact) mass is 1100 g/mol. The van der Waals surface area contributed by atoms with Gasteiger partial charge in [-0.1, -0.05) is 243 Å². The average molecular weight is 1100 g/mol. The van der Waals surface area contributed by atoms with Gasteiger partial charge in [0.05, 0.1) is 32.0 Å². The summed E-state index contributed by atoms with van der Waals surface area (Å²) in [6.07, 6.45) is 44.1. The first-order valence-corrected chi connectivity index (χ1v) is 31.7. The van der Waals surface area contributed by atoms with Crippen LogP contribution in [0.4, 0.5) is 0 Å². The molecule has 0 saturated carbocycles. The fourth-order valence-electron chi connectivity index (χ4n) is 10.4. The molecule has 0 spiro atoms. The van der Waals surface area contributed by atoms with Crippen molar-refractivity contribution in [1.29, 1.82) is 0 Å². The van der Waals surface area contributed by atoms with Gasteiger partial charge in [0, 0.05) is 6.42 Å². The van der Waals surface area contributed by atoms with Gasteiger partial charge in [-0.05, 0) is 51.4 Å². The summed E-state index contributed by atoms with van der Waals surface area (Å²) in [5.41, 5.74) is 0. The second-order valence-corrected chi connectivity index (χ2v) is 22.5. The predicted octanol–water partition coefficient (Wildman–Crippen LogP) is 11.4. The Kier molecular flexibility index (Phi) is 45.3. The van der Waals surface area contributed by atoms with Crippen molar-refractivity contribution < 1.29 is 64.6 Å². The van der Waals surface area contributed by atoms with E-state index in [9.17, 15) is 45.6 Å². The van der Waals surface area contributed by atoms with Crippen LogP contribution in [0.5, 0.6) is 0 Å². The third-order valence-corrected chi connectivity index (χ3v) is 15.5. The number of aliphatic hydroxyl groups excluding tert-OH is 8. The first-order chi connectivity index (χ1) is 37.6. The van der Waals surface area contributed by atoms with E-state index in [1.54, 1.807) is 6.08 Å². The van der Waals surface area contributed by atoms with Gasteiger partial charge in [-0.15, -0.1) is 0 Å². The second-order valence-electron chi connectivity index (χ2n) is 22.5. The van der Waals surface area contributed by atoms with Crippen LogP contribution in [-0.2, 0) is 23.7 Å². The van der Waals surface area contributed by atoms with Crippen molar-refractivity contribution in [3.8, 4) is 0 Å². The van der Waals surface area contributed by atoms with Gasteiger partial charge in [0.15, 0.2) is 12.6 Å². The van der Waals surface area contributed by atoms with E-state index in [4.69, 9.17) is 18.9 Å². The van der Waals surface area contributed by atoms with Crippen molar-refractivity contribution >= 4 is 5.91 Å². The Labute approximate surface area is 468 Å². The third kappa shape index (κ3) is 34.3. The molecule has 0 radical (unpaired) electrons. The minimum Gasteiger partial charge on any atom is -0.394 e. The Bertz CT molecular complexity index is 1430. The van der Waals surface area contributed by atoms with Crippen LogP contribution in [0.25, 0.3) is 0 Å². The highest BCUT2D eigenvalue weighted by Gasteiger charge is 2.51. The number of nitrogens with one attached hydrogen (secondary N) is 1. The van der Waals surface area contributed by atoms with Gasteiger partial charge in [0.25, 0.3) is 0 Å². The maximum Gasteiger partial charge on any atom is 0.220 e. The molecular formula is C63H117NO13. The molecule has 77 heavy (non-hydrogen) atoms. The summed E-state index contributed by atoms with van der Waals surface area (Å²) < 4.78 is 22.7. The molecule has 9 N–H and O–H groups in total. The van der Waals surface area contributed by atoms with E-state index in [1.807, 2.05) is 6.08 Å². The molecule has 2 heterocycles. The molecule has 2 aliphatic rings. The second kappa shape index (κ2) is 48.9. The van der Waals surface area contributed by atoms with Crippen molar-refractivity contribution in [3.05, 3.63) is 36.5 Å². The molecule has 0 bridgehead atoms. The summed E-state index contributed by atoms with van der Waals surface area (Å²) in [5.74, 6) is -0.249. The molecule has 1 amide bonds. The maximum absolute atomic E-state index is 13.2. The van der Waals surface area contributed by atoms with Crippen molar-refractivity contribution in [2.45, 2.75) is 338 Å². The average Bonchev–Trinajstić information content (AvgIpc) is 3.44. The zero-order chi connectivity index (χ0) is 56.0. The van der Waals surface area contributed by atoms with E-state index in [-0.39, 0.29) is 18.9 Å². The SMILES string of the molecule is CCCC/C=C/CC/C=C/C(O)C(COC1OC(CO)C(OC2OC(CO)C(O)C(O)C2O)C(O)C1O)NC(=O)CCCCCCCCCCCCCCCCCCCCCCCCC/C=C\CCCCCCCCCC. The summed E-state index contributed by atoms with van der Waals surface area (Å²) in [6.45, 7) is 2.71. The normalized spacial score (nSPS) is 24.9. The number of hydrogen-bond acceptors (Lipinski definition) is 13. The quantitative estimate of drug-likeness (QED) is 0.0204. The number of carbonyl (C=O) groups excluding carboxylic acids is 1. The van der Waals surface area contributed by atoms with Gasteiger partial charge in [0.1, 0.15) is 48.8 Å². The number of allylic oxidation sites excluding steroid dienone is 5. The Hall–Kier alpha value is -1.79. The van der Waals surface area contributed by atoms with Crippen LogP contribution >= 0.6 is 0 Å². The zero-order valence-electron chi connectivity index (χ0n) is 48.7. The predicted molar refractivity (Wildman–Crippen MR) is 309 cm³/mol. The van der Waals surface area contributed by atoms with Gasteiger partial charge in [-0.3, -0.25) is 4.79 Å². The molecule has 2 rings (SSSR count). The number of unbranched alkanes of at least 4 members (excludes halogenated alkanes) is 34. The number of rotatable bonds is 51. The van der Waals surface area contributed by atoms with Gasteiger partial charge >= 0.3 is 0 Å². The first-order valence-electron chi connectivity index (χ1n) is 31.7. The topological polar surface area (TPSA) is 228 Å². The van der Waals surface area contributed by atoms with Gasteiger partial charge in [0.2, 0.25) is 5.91 Å². The van der Waals surface area contributed by atoms with Crippen molar-refractivity contribution in [2.24, 2.45) is 0 Å². The molecule has 12 unspecified atom stereocenters. The highest BCUT2D eigenvalue weighted by molar-refractivity contribution is 5.76. The van der Waals surface area contributed by atoms with Crippen molar-refractivity contribution in [1.82, 2.24) is 5.32 Å². The summed E-state index contributed by atoms with van der Waals surface area (Å²) in [6, 6.07) is -0.927. The molecule has 2 aliphatic heterocycles. The number of hydrogen-bond donors (Lipinski definition) is 9. The van der Waals surface area contributed by atoms with E-state index < -0.39 is 86.8 Å². The Morgan fingerprint density at radius 2 is 0.844 bits per heavy atom.